The fourth-order valence-corrected chi connectivity index (χ4v) is 1.84. The first-order valence-electron chi connectivity index (χ1n) is 5.19. The number of likely N-dealkylation sites (N-methyl/N-ethyl adjacent to an activating group) is 1. The maximum Gasteiger partial charge on any atom is 0.155 e. The summed E-state index contributed by atoms with van der Waals surface area (Å²) in [7, 11) is 2.14. The van der Waals surface area contributed by atoms with Crippen LogP contribution in [0.3, 0.4) is 0 Å². The van der Waals surface area contributed by atoms with Crippen molar-refractivity contribution in [2.45, 2.75) is 13.0 Å². The molecule has 1 aliphatic rings. The van der Waals surface area contributed by atoms with E-state index >= 15 is 0 Å². The molecule has 0 spiro atoms. The first-order chi connectivity index (χ1) is 7.18. The van der Waals surface area contributed by atoms with Crippen LogP contribution in [0.1, 0.15) is 6.92 Å². The largest absolute Gasteiger partial charge is 0.394 e. The summed E-state index contributed by atoms with van der Waals surface area (Å²) in [6, 6.07) is 0.535. The van der Waals surface area contributed by atoms with E-state index in [1.165, 1.54) is 0 Å². The minimum Gasteiger partial charge on any atom is -0.394 e. The van der Waals surface area contributed by atoms with Crippen LogP contribution in [0, 0.1) is 0 Å². The molecule has 1 aliphatic heterocycles. The van der Waals surface area contributed by atoms with Gasteiger partial charge in [-0.1, -0.05) is 0 Å². The molecule has 1 fully saturated rings. The van der Waals surface area contributed by atoms with Gasteiger partial charge in [0.1, 0.15) is 6.33 Å². The molecule has 15 heavy (non-hydrogen) atoms. The molecule has 0 aromatic carbocycles. The third-order valence-corrected chi connectivity index (χ3v) is 2.98. The molecule has 5 nitrogen and oxygen atoms in total. The maximum atomic E-state index is 5.85. The smallest absolute Gasteiger partial charge is 0.155 e. The molecule has 1 aromatic heterocycles. The second-order valence-corrected chi connectivity index (χ2v) is 4.08. The average Bonchev–Trinajstić information content (AvgIpc) is 2.23. The van der Waals surface area contributed by atoms with Gasteiger partial charge in [-0.25, -0.2) is 9.97 Å². The van der Waals surface area contributed by atoms with E-state index in [2.05, 4.69) is 33.7 Å². The Bertz CT molecular complexity index is 340. The van der Waals surface area contributed by atoms with Crippen LogP contribution >= 0.6 is 0 Å². The summed E-state index contributed by atoms with van der Waals surface area (Å²) >= 11 is 0. The van der Waals surface area contributed by atoms with Gasteiger partial charge in [-0.05, 0) is 14.0 Å². The molecule has 2 N–H and O–H groups in total. The van der Waals surface area contributed by atoms with Crippen molar-refractivity contribution in [3.63, 3.8) is 0 Å². The van der Waals surface area contributed by atoms with Gasteiger partial charge < -0.3 is 15.5 Å². The summed E-state index contributed by atoms with van der Waals surface area (Å²) in [6.45, 7) is 5.20. The Morgan fingerprint density at radius 2 is 2.27 bits per heavy atom. The van der Waals surface area contributed by atoms with Gasteiger partial charge in [0, 0.05) is 25.7 Å². The lowest BCUT2D eigenvalue weighted by Crippen LogP contribution is -2.50. The average molecular weight is 207 g/mol. The Kier molecular flexibility index (Phi) is 2.73. The van der Waals surface area contributed by atoms with Crippen LogP contribution < -0.4 is 10.6 Å². The summed E-state index contributed by atoms with van der Waals surface area (Å²) < 4.78 is 0. The number of hydrogen-bond donors (Lipinski definition) is 1. The van der Waals surface area contributed by atoms with Crippen LogP contribution in [0.5, 0.6) is 0 Å². The van der Waals surface area contributed by atoms with Crippen molar-refractivity contribution < 1.29 is 0 Å². The number of hydrogen-bond acceptors (Lipinski definition) is 5. The Balaban J connectivity index is 2.15. The van der Waals surface area contributed by atoms with Gasteiger partial charge in [0.05, 0.1) is 11.9 Å². The standard InChI is InChI=1S/C10H17N5/c1-8-6-15(4-3-14(8)2)10-9(11)5-12-7-13-10/h5,7-8H,3-4,6,11H2,1-2H3. The van der Waals surface area contributed by atoms with Crippen LogP contribution in [0.15, 0.2) is 12.5 Å². The number of nitrogens with zero attached hydrogens (tertiary/aromatic N) is 4. The molecule has 0 aliphatic carbocycles. The molecule has 1 saturated heterocycles. The minimum atomic E-state index is 0.535. The van der Waals surface area contributed by atoms with Crippen molar-refractivity contribution in [3.05, 3.63) is 12.5 Å². The molecule has 0 radical (unpaired) electrons. The number of anilines is 2. The number of aromatic nitrogens is 2. The number of nitrogens with two attached hydrogens (primary N) is 1. The summed E-state index contributed by atoms with van der Waals surface area (Å²) in [5.74, 6) is 0.866. The fourth-order valence-electron chi connectivity index (χ4n) is 1.84. The third-order valence-electron chi connectivity index (χ3n) is 2.98. The van der Waals surface area contributed by atoms with Gasteiger partial charge >= 0.3 is 0 Å². The molecule has 0 amide bonds. The lowest BCUT2D eigenvalue weighted by Gasteiger charge is -2.38. The van der Waals surface area contributed by atoms with Gasteiger partial charge in [0.2, 0.25) is 0 Å². The molecule has 2 rings (SSSR count). The molecule has 0 bridgehead atoms. The monoisotopic (exact) mass is 207 g/mol. The normalized spacial score (nSPS) is 23.1. The lowest BCUT2D eigenvalue weighted by molar-refractivity contribution is 0.233. The van der Waals surface area contributed by atoms with E-state index in [0.717, 1.165) is 25.5 Å². The Labute approximate surface area is 89.9 Å². The highest BCUT2D eigenvalue weighted by Gasteiger charge is 2.22. The Hall–Kier alpha value is -1.36. The van der Waals surface area contributed by atoms with E-state index in [1.807, 2.05) is 0 Å². The fraction of sp³-hybridized carbons (Fsp3) is 0.600. The highest BCUT2D eigenvalue weighted by atomic mass is 15.3. The van der Waals surface area contributed by atoms with Crippen molar-refractivity contribution in [2.24, 2.45) is 0 Å². The zero-order valence-corrected chi connectivity index (χ0v) is 9.22. The highest BCUT2D eigenvalue weighted by Crippen LogP contribution is 2.20. The second-order valence-electron chi connectivity index (χ2n) is 4.08. The molecule has 0 saturated carbocycles. The Morgan fingerprint density at radius 3 is 2.93 bits per heavy atom. The van der Waals surface area contributed by atoms with Crippen LogP contribution in [-0.4, -0.2) is 47.6 Å². The number of piperazine rings is 1. The molecular weight excluding hydrogens is 190 g/mol. The molecule has 1 unspecified atom stereocenters. The maximum absolute atomic E-state index is 5.85. The number of nitrogen functional groups attached to an aromatic ring is 1. The highest BCUT2D eigenvalue weighted by molar-refractivity contribution is 5.61. The van der Waals surface area contributed by atoms with Crippen molar-refractivity contribution >= 4 is 11.5 Å². The Morgan fingerprint density at radius 1 is 1.47 bits per heavy atom. The van der Waals surface area contributed by atoms with E-state index in [1.54, 1.807) is 12.5 Å². The van der Waals surface area contributed by atoms with Crippen LogP contribution in [0.25, 0.3) is 0 Å². The topological polar surface area (TPSA) is 58.3 Å². The van der Waals surface area contributed by atoms with Crippen molar-refractivity contribution in [2.75, 3.05) is 37.3 Å². The summed E-state index contributed by atoms with van der Waals surface area (Å²) in [4.78, 5) is 12.7. The van der Waals surface area contributed by atoms with E-state index in [4.69, 9.17) is 5.73 Å². The van der Waals surface area contributed by atoms with Crippen molar-refractivity contribution in [1.29, 1.82) is 0 Å². The van der Waals surface area contributed by atoms with E-state index in [9.17, 15) is 0 Å². The van der Waals surface area contributed by atoms with Gasteiger partial charge in [-0.15, -0.1) is 0 Å². The van der Waals surface area contributed by atoms with Crippen molar-refractivity contribution in [1.82, 2.24) is 14.9 Å². The van der Waals surface area contributed by atoms with E-state index in [0.29, 0.717) is 11.7 Å². The van der Waals surface area contributed by atoms with Gasteiger partial charge in [0.15, 0.2) is 5.82 Å². The summed E-state index contributed by atoms with van der Waals surface area (Å²) in [5.41, 5.74) is 6.51. The first-order valence-corrected chi connectivity index (χ1v) is 5.19. The zero-order valence-electron chi connectivity index (χ0n) is 9.22. The van der Waals surface area contributed by atoms with E-state index in [-0.39, 0.29) is 0 Å². The van der Waals surface area contributed by atoms with Crippen LogP contribution in [0.4, 0.5) is 11.5 Å². The van der Waals surface area contributed by atoms with Gasteiger partial charge in [-0.2, -0.15) is 0 Å². The summed E-state index contributed by atoms with van der Waals surface area (Å²) in [5, 5.41) is 0. The molecule has 2 heterocycles. The predicted molar refractivity (Wildman–Crippen MR) is 60.7 cm³/mol. The SMILES string of the molecule is CC1CN(c2ncncc2N)CCN1C. The molecule has 1 aromatic rings. The van der Waals surface area contributed by atoms with Gasteiger partial charge in [0.25, 0.3) is 0 Å². The third kappa shape index (κ3) is 2.02. The number of rotatable bonds is 1. The first kappa shape index (κ1) is 10.2. The zero-order chi connectivity index (χ0) is 10.8. The molecule has 82 valence electrons. The predicted octanol–water partition coefficient (Wildman–Crippen LogP) is 0.199. The minimum absolute atomic E-state index is 0.535. The quantitative estimate of drug-likeness (QED) is 0.713. The second kappa shape index (κ2) is 4.02. The van der Waals surface area contributed by atoms with Gasteiger partial charge in [-0.3, -0.25) is 0 Å². The lowest BCUT2D eigenvalue weighted by atomic mass is 10.2. The van der Waals surface area contributed by atoms with Crippen LogP contribution in [-0.2, 0) is 0 Å². The molecule has 5 heteroatoms. The molecular formula is C10H17N5. The van der Waals surface area contributed by atoms with E-state index < -0.39 is 0 Å². The van der Waals surface area contributed by atoms with Crippen LogP contribution in [0.2, 0.25) is 0 Å². The molecule has 1 atom stereocenters. The summed E-state index contributed by atoms with van der Waals surface area (Å²) in [6.07, 6.45) is 3.21. The van der Waals surface area contributed by atoms with Crippen molar-refractivity contribution in [3.8, 4) is 0 Å².